The summed E-state index contributed by atoms with van der Waals surface area (Å²) in [5.41, 5.74) is 0.482. The zero-order valence-corrected chi connectivity index (χ0v) is 11.2. The van der Waals surface area contributed by atoms with Gasteiger partial charge in [-0.2, -0.15) is 0 Å². The van der Waals surface area contributed by atoms with Gasteiger partial charge in [-0.15, -0.1) is 0 Å². The molecule has 0 unspecified atom stereocenters. The summed E-state index contributed by atoms with van der Waals surface area (Å²) in [6.45, 7) is 4.90. The van der Waals surface area contributed by atoms with Crippen LogP contribution in [0.4, 0.5) is 0 Å². The number of hydrogen-bond acceptors (Lipinski definition) is 4. The molecule has 0 N–H and O–H groups in total. The van der Waals surface area contributed by atoms with Crippen LogP contribution in [0.1, 0.15) is 37.0 Å². The summed E-state index contributed by atoms with van der Waals surface area (Å²) >= 11 is 0. The fourth-order valence-electron chi connectivity index (χ4n) is 1.46. The third kappa shape index (κ3) is 3.95. The predicted octanol–water partition coefficient (Wildman–Crippen LogP) is 3.05. The number of hydrogen-bond donors (Lipinski definition) is 0. The Morgan fingerprint density at radius 1 is 1.22 bits per heavy atom. The summed E-state index contributed by atoms with van der Waals surface area (Å²) in [5, 5.41) is 0. The van der Waals surface area contributed by atoms with Crippen LogP contribution in [0.5, 0.6) is 11.5 Å². The van der Waals surface area contributed by atoms with E-state index >= 15 is 0 Å². The normalized spacial score (nSPS) is 9.94. The van der Waals surface area contributed by atoms with E-state index in [9.17, 15) is 4.79 Å². The zero-order chi connectivity index (χ0) is 13.4. The molecule has 0 amide bonds. The predicted molar refractivity (Wildman–Crippen MR) is 69.4 cm³/mol. The van der Waals surface area contributed by atoms with E-state index in [4.69, 9.17) is 14.2 Å². The Morgan fingerprint density at radius 3 is 2.61 bits per heavy atom. The molecule has 18 heavy (non-hydrogen) atoms. The van der Waals surface area contributed by atoms with Gasteiger partial charge in [0, 0.05) is 0 Å². The molecule has 0 saturated carbocycles. The minimum Gasteiger partial charge on any atom is -0.493 e. The van der Waals surface area contributed by atoms with Gasteiger partial charge in [-0.05, 0) is 31.5 Å². The Bertz CT molecular complexity index is 387. The van der Waals surface area contributed by atoms with Crippen LogP contribution in [0, 0.1) is 0 Å². The first-order chi connectivity index (χ1) is 8.72. The molecule has 0 saturated heterocycles. The van der Waals surface area contributed by atoms with Crippen molar-refractivity contribution in [2.24, 2.45) is 0 Å². The number of unbranched alkanes of at least 4 members (excludes halogenated alkanes) is 1. The van der Waals surface area contributed by atoms with Gasteiger partial charge in [0.1, 0.15) is 0 Å². The third-order valence-corrected chi connectivity index (χ3v) is 2.43. The Hall–Kier alpha value is -1.71. The first-order valence-corrected chi connectivity index (χ1v) is 6.20. The monoisotopic (exact) mass is 252 g/mol. The summed E-state index contributed by atoms with van der Waals surface area (Å²) in [4.78, 5) is 11.8. The van der Waals surface area contributed by atoms with Crippen LogP contribution in [0.3, 0.4) is 0 Å². The second-order valence-corrected chi connectivity index (χ2v) is 3.79. The minimum atomic E-state index is -0.327. The van der Waals surface area contributed by atoms with E-state index in [1.54, 1.807) is 25.3 Å². The molecule has 0 aromatic heterocycles. The highest BCUT2D eigenvalue weighted by molar-refractivity contribution is 5.90. The van der Waals surface area contributed by atoms with Gasteiger partial charge < -0.3 is 14.2 Å². The Morgan fingerprint density at radius 2 is 2.00 bits per heavy atom. The fourth-order valence-corrected chi connectivity index (χ4v) is 1.46. The standard InChI is InChI=1S/C14H20O4/c1-4-6-9-18-14(15)11-7-8-12(16-3)13(10-11)17-5-2/h7-8,10H,4-6,9H2,1-3H3. The van der Waals surface area contributed by atoms with Gasteiger partial charge in [0.15, 0.2) is 11.5 Å². The van der Waals surface area contributed by atoms with Gasteiger partial charge in [-0.1, -0.05) is 13.3 Å². The van der Waals surface area contributed by atoms with Gasteiger partial charge in [0.25, 0.3) is 0 Å². The van der Waals surface area contributed by atoms with Crippen LogP contribution in [0.2, 0.25) is 0 Å². The van der Waals surface area contributed by atoms with Crippen molar-refractivity contribution in [3.63, 3.8) is 0 Å². The Kier molecular flexibility index (Phi) is 6.05. The molecule has 4 heteroatoms. The van der Waals surface area contributed by atoms with Crippen molar-refractivity contribution >= 4 is 5.97 Å². The molecule has 0 fully saturated rings. The maximum absolute atomic E-state index is 11.8. The van der Waals surface area contributed by atoms with Crippen molar-refractivity contribution < 1.29 is 19.0 Å². The van der Waals surface area contributed by atoms with Gasteiger partial charge in [-0.3, -0.25) is 0 Å². The molecule has 0 aliphatic heterocycles. The topological polar surface area (TPSA) is 44.8 Å². The summed E-state index contributed by atoms with van der Waals surface area (Å²) in [6, 6.07) is 5.04. The van der Waals surface area contributed by atoms with Crippen LogP contribution in [-0.4, -0.2) is 26.3 Å². The molecule has 0 aliphatic rings. The molecule has 0 bridgehead atoms. The number of methoxy groups -OCH3 is 1. The minimum absolute atomic E-state index is 0.327. The maximum atomic E-state index is 11.8. The molecule has 100 valence electrons. The van der Waals surface area contributed by atoms with Crippen molar-refractivity contribution in [3.05, 3.63) is 23.8 Å². The van der Waals surface area contributed by atoms with E-state index in [0.29, 0.717) is 30.3 Å². The van der Waals surface area contributed by atoms with Gasteiger partial charge in [0.2, 0.25) is 0 Å². The highest BCUT2D eigenvalue weighted by atomic mass is 16.5. The van der Waals surface area contributed by atoms with Gasteiger partial charge in [-0.25, -0.2) is 4.79 Å². The van der Waals surface area contributed by atoms with Crippen molar-refractivity contribution in [1.82, 2.24) is 0 Å². The molecule has 0 spiro atoms. The first kappa shape index (κ1) is 14.4. The fraction of sp³-hybridized carbons (Fsp3) is 0.500. The van der Waals surface area contributed by atoms with Crippen molar-refractivity contribution in [1.29, 1.82) is 0 Å². The molecular weight excluding hydrogens is 232 g/mol. The highest BCUT2D eigenvalue weighted by Crippen LogP contribution is 2.28. The molecule has 1 aromatic carbocycles. The quantitative estimate of drug-likeness (QED) is 0.552. The lowest BCUT2D eigenvalue weighted by Gasteiger charge is -2.10. The molecule has 1 aromatic rings. The van der Waals surface area contributed by atoms with Crippen molar-refractivity contribution in [2.45, 2.75) is 26.7 Å². The van der Waals surface area contributed by atoms with E-state index in [0.717, 1.165) is 12.8 Å². The number of carbonyl (C=O) groups is 1. The smallest absolute Gasteiger partial charge is 0.338 e. The number of benzene rings is 1. The number of ether oxygens (including phenoxy) is 3. The molecule has 0 atom stereocenters. The summed E-state index contributed by atoms with van der Waals surface area (Å²) in [7, 11) is 1.57. The lowest BCUT2D eigenvalue weighted by Crippen LogP contribution is -2.07. The van der Waals surface area contributed by atoms with Crippen molar-refractivity contribution in [3.8, 4) is 11.5 Å². The molecular formula is C14H20O4. The third-order valence-electron chi connectivity index (χ3n) is 2.43. The van der Waals surface area contributed by atoms with Gasteiger partial charge in [0.05, 0.1) is 25.9 Å². The van der Waals surface area contributed by atoms with E-state index in [1.165, 1.54) is 0 Å². The average Bonchev–Trinajstić information content (AvgIpc) is 2.39. The van der Waals surface area contributed by atoms with E-state index in [1.807, 2.05) is 6.92 Å². The van der Waals surface area contributed by atoms with Crippen LogP contribution in [-0.2, 0) is 4.74 Å². The van der Waals surface area contributed by atoms with Crippen molar-refractivity contribution in [2.75, 3.05) is 20.3 Å². The summed E-state index contributed by atoms with van der Waals surface area (Å²) < 4.78 is 15.7. The Labute approximate surface area is 108 Å². The number of carbonyl (C=O) groups excluding carboxylic acids is 1. The SMILES string of the molecule is CCCCOC(=O)c1ccc(OC)c(OCC)c1. The van der Waals surface area contributed by atoms with Gasteiger partial charge >= 0.3 is 5.97 Å². The van der Waals surface area contributed by atoms with Crippen LogP contribution < -0.4 is 9.47 Å². The molecule has 0 aliphatic carbocycles. The average molecular weight is 252 g/mol. The molecule has 4 nitrogen and oxygen atoms in total. The lowest BCUT2D eigenvalue weighted by atomic mass is 10.2. The summed E-state index contributed by atoms with van der Waals surface area (Å²) in [5.74, 6) is 0.846. The second kappa shape index (κ2) is 7.58. The number of rotatable bonds is 7. The zero-order valence-electron chi connectivity index (χ0n) is 11.2. The molecule has 0 heterocycles. The van der Waals surface area contributed by atoms with Crippen LogP contribution >= 0.6 is 0 Å². The first-order valence-electron chi connectivity index (χ1n) is 6.20. The maximum Gasteiger partial charge on any atom is 0.338 e. The van der Waals surface area contributed by atoms with E-state index in [-0.39, 0.29) is 5.97 Å². The highest BCUT2D eigenvalue weighted by Gasteiger charge is 2.11. The Balaban J connectivity index is 2.76. The van der Waals surface area contributed by atoms with Crippen LogP contribution in [0.25, 0.3) is 0 Å². The second-order valence-electron chi connectivity index (χ2n) is 3.79. The largest absolute Gasteiger partial charge is 0.493 e. The molecule has 1 rings (SSSR count). The lowest BCUT2D eigenvalue weighted by molar-refractivity contribution is 0.0499. The number of esters is 1. The van der Waals surface area contributed by atoms with E-state index in [2.05, 4.69) is 6.92 Å². The van der Waals surface area contributed by atoms with Crippen LogP contribution in [0.15, 0.2) is 18.2 Å². The summed E-state index contributed by atoms with van der Waals surface area (Å²) in [6.07, 6.45) is 1.88. The molecule has 0 radical (unpaired) electrons. The van der Waals surface area contributed by atoms with E-state index < -0.39 is 0 Å².